The van der Waals surface area contributed by atoms with E-state index in [1.165, 1.54) is 5.56 Å². The maximum Gasteiger partial charge on any atom is 0.239 e. The van der Waals surface area contributed by atoms with Crippen molar-refractivity contribution in [1.29, 1.82) is 0 Å². The number of carbonyl (C=O) groups excluding carboxylic acids is 2. The van der Waals surface area contributed by atoms with Crippen LogP contribution in [0.15, 0.2) is 30.3 Å². The van der Waals surface area contributed by atoms with Crippen LogP contribution in [0.5, 0.6) is 0 Å². The van der Waals surface area contributed by atoms with Gasteiger partial charge in [0.2, 0.25) is 11.8 Å². The molecule has 0 spiro atoms. The van der Waals surface area contributed by atoms with Gasteiger partial charge in [-0.2, -0.15) is 0 Å². The van der Waals surface area contributed by atoms with Crippen LogP contribution >= 0.6 is 0 Å². The van der Waals surface area contributed by atoms with E-state index in [-0.39, 0.29) is 11.8 Å². The van der Waals surface area contributed by atoms with Crippen LogP contribution in [0.2, 0.25) is 0 Å². The van der Waals surface area contributed by atoms with Crippen molar-refractivity contribution in [2.45, 2.75) is 32.7 Å². The summed E-state index contributed by atoms with van der Waals surface area (Å²) < 4.78 is 0. The van der Waals surface area contributed by atoms with Gasteiger partial charge in [-0.25, -0.2) is 0 Å². The van der Waals surface area contributed by atoms with Gasteiger partial charge in [-0.1, -0.05) is 37.3 Å². The Balaban J connectivity index is 2.39. The molecule has 4 nitrogen and oxygen atoms in total. The van der Waals surface area contributed by atoms with Crippen LogP contribution in [0.1, 0.15) is 25.8 Å². The van der Waals surface area contributed by atoms with Gasteiger partial charge in [0.05, 0.1) is 0 Å². The van der Waals surface area contributed by atoms with Crippen LogP contribution in [-0.4, -0.2) is 17.9 Å². The molecule has 2 atom stereocenters. The van der Waals surface area contributed by atoms with Crippen molar-refractivity contribution in [2.24, 2.45) is 11.7 Å². The van der Waals surface area contributed by atoms with Gasteiger partial charge in [0.25, 0.3) is 0 Å². The summed E-state index contributed by atoms with van der Waals surface area (Å²) in [6.45, 7) is 3.44. The van der Waals surface area contributed by atoms with Gasteiger partial charge in [0.1, 0.15) is 6.04 Å². The molecular formula is C14H20N2O2. The number of carbonyl (C=O) groups is 2. The highest BCUT2D eigenvalue weighted by Crippen LogP contribution is 2.09. The van der Waals surface area contributed by atoms with Crippen LogP contribution in [0.25, 0.3) is 0 Å². The highest BCUT2D eigenvalue weighted by Gasteiger charge is 2.17. The Labute approximate surface area is 108 Å². The Morgan fingerprint density at radius 1 is 1.22 bits per heavy atom. The molecule has 18 heavy (non-hydrogen) atoms. The molecule has 1 rings (SSSR count). The highest BCUT2D eigenvalue weighted by molar-refractivity contribution is 5.87. The second-order valence-electron chi connectivity index (χ2n) is 4.56. The second kappa shape index (κ2) is 6.79. The monoisotopic (exact) mass is 248 g/mol. The van der Waals surface area contributed by atoms with Crippen molar-refractivity contribution < 1.29 is 9.59 Å². The molecular weight excluding hydrogens is 228 g/mol. The van der Waals surface area contributed by atoms with Crippen molar-refractivity contribution in [3.63, 3.8) is 0 Å². The lowest BCUT2D eigenvalue weighted by atomic mass is 10.00. The quantitative estimate of drug-likeness (QED) is 0.795. The number of primary amides is 1. The van der Waals surface area contributed by atoms with Crippen molar-refractivity contribution in [3.8, 4) is 0 Å². The molecule has 4 heteroatoms. The van der Waals surface area contributed by atoms with Crippen LogP contribution in [0.4, 0.5) is 0 Å². The Kier molecular flexibility index (Phi) is 5.36. The van der Waals surface area contributed by atoms with Gasteiger partial charge < -0.3 is 11.1 Å². The summed E-state index contributed by atoms with van der Waals surface area (Å²) in [7, 11) is 0. The fourth-order valence-electron chi connectivity index (χ4n) is 1.59. The standard InChI is InChI=1S/C14H20N2O2/c1-10(14(18)16-11(2)13(15)17)8-9-12-6-4-3-5-7-12/h3-7,10-11H,8-9H2,1-2H3,(H2,15,17)(H,16,18). The third kappa shape index (κ3) is 4.57. The minimum atomic E-state index is -0.614. The number of amides is 2. The lowest BCUT2D eigenvalue weighted by Crippen LogP contribution is -2.44. The normalized spacial score (nSPS) is 13.7. The first-order valence-corrected chi connectivity index (χ1v) is 6.14. The molecule has 0 saturated heterocycles. The van der Waals surface area contributed by atoms with Crippen molar-refractivity contribution in [3.05, 3.63) is 35.9 Å². The number of hydrogen-bond acceptors (Lipinski definition) is 2. The topological polar surface area (TPSA) is 72.2 Å². The van der Waals surface area contributed by atoms with E-state index in [1.54, 1.807) is 6.92 Å². The van der Waals surface area contributed by atoms with Gasteiger partial charge >= 0.3 is 0 Å². The Bertz CT molecular complexity index is 404. The van der Waals surface area contributed by atoms with E-state index in [9.17, 15) is 9.59 Å². The first-order chi connectivity index (χ1) is 8.50. The summed E-state index contributed by atoms with van der Waals surface area (Å²) in [5.74, 6) is -0.775. The molecule has 1 aromatic carbocycles. The maximum absolute atomic E-state index is 11.8. The Morgan fingerprint density at radius 3 is 2.39 bits per heavy atom. The first-order valence-electron chi connectivity index (χ1n) is 6.14. The molecule has 0 saturated carbocycles. The number of benzene rings is 1. The number of rotatable bonds is 6. The van der Waals surface area contributed by atoms with Gasteiger partial charge in [-0.3, -0.25) is 9.59 Å². The summed E-state index contributed by atoms with van der Waals surface area (Å²) in [5.41, 5.74) is 6.30. The minimum Gasteiger partial charge on any atom is -0.368 e. The van der Waals surface area contributed by atoms with E-state index in [0.717, 1.165) is 12.8 Å². The summed E-state index contributed by atoms with van der Waals surface area (Å²) in [4.78, 5) is 22.6. The number of nitrogens with two attached hydrogens (primary N) is 1. The predicted octanol–water partition coefficient (Wildman–Crippen LogP) is 1.25. The molecule has 0 fully saturated rings. The van der Waals surface area contributed by atoms with Gasteiger partial charge in [-0.05, 0) is 25.3 Å². The van der Waals surface area contributed by atoms with E-state index in [1.807, 2.05) is 37.3 Å². The minimum absolute atomic E-state index is 0.128. The van der Waals surface area contributed by atoms with Gasteiger partial charge in [0, 0.05) is 5.92 Å². The zero-order valence-electron chi connectivity index (χ0n) is 10.8. The molecule has 2 amide bonds. The zero-order chi connectivity index (χ0) is 13.5. The van der Waals surface area contributed by atoms with E-state index < -0.39 is 11.9 Å². The molecule has 0 aliphatic rings. The summed E-state index contributed by atoms with van der Waals surface area (Å²) >= 11 is 0. The molecule has 0 radical (unpaired) electrons. The fraction of sp³-hybridized carbons (Fsp3) is 0.429. The zero-order valence-corrected chi connectivity index (χ0v) is 10.8. The number of hydrogen-bond donors (Lipinski definition) is 2. The number of aryl methyl sites for hydroxylation is 1. The Morgan fingerprint density at radius 2 is 1.83 bits per heavy atom. The van der Waals surface area contributed by atoms with Crippen molar-refractivity contribution in [2.75, 3.05) is 0 Å². The third-order valence-electron chi connectivity index (χ3n) is 2.94. The largest absolute Gasteiger partial charge is 0.368 e. The molecule has 0 aliphatic heterocycles. The van der Waals surface area contributed by atoms with Crippen molar-refractivity contribution >= 4 is 11.8 Å². The SMILES string of the molecule is CC(CCc1ccccc1)C(=O)NC(C)C(N)=O. The van der Waals surface area contributed by atoms with Crippen LogP contribution in [-0.2, 0) is 16.0 Å². The van der Waals surface area contributed by atoms with E-state index in [0.29, 0.717) is 0 Å². The maximum atomic E-state index is 11.8. The predicted molar refractivity (Wildman–Crippen MR) is 70.7 cm³/mol. The third-order valence-corrected chi connectivity index (χ3v) is 2.94. The molecule has 0 bridgehead atoms. The van der Waals surface area contributed by atoms with E-state index in [4.69, 9.17) is 5.73 Å². The molecule has 0 aromatic heterocycles. The van der Waals surface area contributed by atoms with Crippen LogP contribution in [0, 0.1) is 5.92 Å². The molecule has 0 aliphatic carbocycles. The summed E-state index contributed by atoms with van der Waals surface area (Å²) in [6.07, 6.45) is 1.60. The Hall–Kier alpha value is -1.84. The molecule has 0 heterocycles. The lowest BCUT2D eigenvalue weighted by molar-refractivity contribution is -0.129. The molecule has 2 unspecified atom stereocenters. The smallest absolute Gasteiger partial charge is 0.239 e. The summed E-state index contributed by atoms with van der Waals surface area (Å²) in [6, 6.07) is 9.39. The fourth-order valence-corrected chi connectivity index (χ4v) is 1.59. The van der Waals surface area contributed by atoms with Crippen LogP contribution in [0.3, 0.4) is 0 Å². The van der Waals surface area contributed by atoms with E-state index in [2.05, 4.69) is 5.32 Å². The second-order valence-corrected chi connectivity index (χ2v) is 4.56. The van der Waals surface area contributed by atoms with Crippen molar-refractivity contribution in [1.82, 2.24) is 5.32 Å². The number of nitrogens with one attached hydrogen (secondary N) is 1. The lowest BCUT2D eigenvalue weighted by Gasteiger charge is -2.15. The first kappa shape index (κ1) is 14.2. The van der Waals surface area contributed by atoms with Crippen LogP contribution < -0.4 is 11.1 Å². The molecule has 98 valence electrons. The average Bonchev–Trinajstić information content (AvgIpc) is 2.36. The van der Waals surface area contributed by atoms with Gasteiger partial charge in [-0.15, -0.1) is 0 Å². The molecule has 1 aromatic rings. The molecule has 3 N–H and O–H groups in total. The summed E-state index contributed by atoms with van der Waals surface area (Å²) in [5, 5.41) is 2.60. The average molecular weight is 248 g/mol. The van der Waals surface area contributed by atoms with E-state index >= 15 is 0 Å². The highest BCUT2D eigenvalue weighted by atomic mass is 16.2. The van der Waals surface area contributed by atoms with Gasteiger partial charge in [0.15, 0.2) is 0 Å².